The van der Waals surface area contributed by atoms with E-state index in [1.807, 2.05) is 0 Å². The van der Waals surface area contributed by atoms with Crippen LogP contribution in [0.3, 0.4) is 0 Å². The molecule has 1 rings (SSSR count). The van der Waals surface area contributed by atoms with E-state index < -0.39 is 0 Å². The van der Waals surface area contributed by atoms with Gasteiger partial charge in [-0.2, -0.15) is 0 Å². The van der Waals surface area contributed by atoms with E-state index in [4.69, 9.17) is 0 Å². The van der Waals surface area contributed by atoms with Crippen LogP contribution in [-0.2, 0) is 0 Å². The van der Waals surface area contributed by atoms with Gasteiger partial charge in [0.25, 0.3) is 0 Å². The van der Waals surface area contributed by atoms with Crippen LogP contribution < -0.4 is 0 Å². The Kier molecular flexibility index (Phi) is 5.66. The highest BCUT2D eigenvalue weighted by atomic mass is 14.2. The maximum Gasteiger partial charge on any atom is -0.0320 e. The van der Waals surface area contributed by atoms with E-state index in [0.717, 1.165) is 11.8 Å². The van der Waals surface area contributed by atoms with E-state index in [1.54, 1.807) is 0 Å². The highest BCUT2D eigenvalue weighted by molar-refractivity contribution is 4.91. The lowest BCUT2D eigenvalue weighted by atomic mass is 9.86. The molecule has 0 N–H and O–H groups in total. The van der Waals surface area contributed by atoms with Crippen LogP contribution in [0.1, 0.15) is 52.4 Å². The first-order valence-electron chi connectivity index (χ1n) is 6.14. The lowest BCUT2D eigenvalue weighted by Crippen LogP contribution is -2.09. The van der Waals surface area contributed by atoms with Crippen molar-refractivity contribution in [1.82, 2.24) is 0 Å². The standard InChI is InChI=1S/C14H24/c1-3-14-12-10-8-6-4-5-7-9-11-13(14)2/h7-10,13-14H,3-6,11-12H2,1-2H3/b9-7-,10-8?. The average molecular weight is 192 g/mol. The van der Waals surface area contributed by atoms with E-state index in [-0.39, 0.29) is 0 Å². The maximum atomic E-state index is 2.40. The van der Waals surface area contributed by atoms with Gasteiger partial charge in [0.1, 0.15) is 0 Å². The van der Waals surface area contributed by atoms with Crippen LogP contribution in [-0.4, -0.2) is 0 Å². The maximum absolute atomic E-state index is 2.40. The van der Waals surface area contributed by atoms with Gasteiger partial charge in [0, 0.05) is 0 Å². The number of allylic oxidation sites excluding steroid dienone is 4. The van der Waals surface area contributed by atoms with Crippen LogP contribution in [0.15, 0.2) is 24.3 Å². The SMILES string of the molecule is CCC1CC=CCCC/C=C\CC1C. The zero-order valence-corrected chi connectivity index (χ0v) is 9.71. The summed E-state index contributed by atoms with van der Waals surface area (Å²) in [7, 11) is 0. The third-order valence-electron chi connectivity index (χ3n) is 3.35. The second kappa shape index (κ2) is 6.86. The molecule has 0 heterocycles. The van der Waals surface area contributed by atoms with Crippen molar-refractivity contribution in [1.29, 1.82) is 0 Å². The highest BCUT2D eigenvalue weighted by Gasteiger charge is 2.12. The molecule has 0 amide bonds. The Morgan fingerprint density at radius 3 is 2.29 bits per heavy atom. The van der Waals surface area contributed by atoms with Gasteiger partial charge in [-0.3, -0.25) is 0 Å². The van der Waals surface area contributed by atoms with Gasteiger partial charge in [-0.25, -0.2) is 0 Å². The van der Waals surface area contributed by atoms with Gasteiger partial charge in [0.2, 0.25) is 0 Å². The third kappa shape index (κ3) is 4.13. The van der Waals surface area contributed by atoms with Gasteiger partial charge in [-0.1, -0.05) is 44.6 Å². The van der Waals surface area contributed by atoms with E-state index in [0.29, 0.717) is 0 Å². The lowest BCUT2D eigenvalue weighted by Gasteiger charge is -2.19. The van der Waals surface area contributed by atoms with Crippen molar-refractivity contribution in [2.75, 3.05) is 0 Å². The lowest BCUT2D eigenvalue weighted by molar-refractivity contribution is 0.353. The Morgan fingerprint density at radius 1 is 1.00 bits per heavy atom. The fourth-order valence-electron chi connectivity index (χ4n) is 2.16. The predicted molar refractivity (Wildman–Crippen MR) is 64.3 cm³/mol. The Morgan fingerprint density at radius 2 is 1.64 bits per heavy atom. The molecule has 0 spiro atoms. The van der Waals surface area contributed by atoms with Crippen molar-refractivity contribution < 1.29 is 0 Å². The monoisotopic (exact) mass is 192 g/mol. The summed E-state index contributed by atoms with van der Waals surface area (Å²) in [6.07, 6.45) is 17.2. The summed E-state index contributed by atoms with van der Waals surface area (Å²) >= 11 is 0. The molecule has 0 heteroatoms. The Bertz CT molecular complexity index is 188. The van der Waals surface area contributed by atoms with Crippen molar-refractivity contribution in [2.45, 2.75) is 52.4 Å². The van der Waals surface area contributed by atoms with E-state index in [1.165, 1.54) is 38.5 Å². The second-order valence-electron chi connectivity index (χ2n) is 4.49. The van der Waals surface area contributed by atoms with E-state index >= 15 is 0 Å². The quantitative estimate of drug-likeness (QED) is 0.527. The summed E-state index contributed by atoms with van der Waals surface area (Å²) in [5.74, 6) is 1.73. The van der Waals surface area contributed by atoms with Crippen molar-refractivity contribution in [2.24, 2.45) is 11.8 Å². The fraction of sp³-hybridized carbons (Fsp3) is 0.714. The third-order valence-corrected chi connectivity index (χ3v) is 3.35. The van der Waals surface area contributed by atoms with Crippen LogP contribution in [0.2, 0.25) is 0 Å². The molecule has 0 aromatic heterocycles. The topological polar surface area (TPSA) is 0 Å². The van der Waals surface area contributed by atoms with Crippen LogP contribution in [0, 0.1) is 11.8 Å². The van der Waals surface area contributed by atoms with Gasteiger partial charge in [-0.15, -0.1) is 0 Å². The summed E-state index contributed by atoms with van der Waals surface area (Å²) in [4.78, 5) is 0. The minimum Gasteiger partial charge on any atom is -0.0885 e. The molecule has 1 aliphatic rings. The number of rotatable bonds is 1. The summed E-state index contributed by atoms with van der Waals surface area (Å²) in [5.41, 5.74) is 0. The molecule has 80 valence electrons. The van der Waals surface area contributed by atoms with Crippen molar-refractivity contribution in [3.8, 4) is 0 Å². The molecule has 0 saturated carbocycles. The highest BCUT2D eigenvalue weighted by Crippen LogP contribution is 2.24. The van der Waals surface area contributed by atoms with Crippen LogP contribution in [0.5, 0.6) is 0 Å². The number of hydrogen-bond donors (Lipinski definition) is 0. The smallest absolute Gasteiger partial charge is 0.0320 e. The molecule has 2 unspecified atom stereocenters. The Hall–Kier alpha value is -0.520. The molecular weight excluding hydrogens is 168 g/mol. The van der Waals surface area contributed by atoms with E-state index in [9.17, 15) is 0 Å². The molecule has 0 aromatic carbocycles. The molecular formula is C14H24. The summed E-state index contributed by atoms with van der Waals surface area (Å²) in [6, 6.07) is 0. The zero-order chi connectivity index (χ0) is 10.2. The molecule has 0 saturated heterocycles. The molecule has 0 aromatic rings. The summed E-state index contributed by atoms with van der Waals surface area (Å²) < 4.78 is 0. The first-order chi connectivity index (χ1) is 6.84. The summed E-state index contributed by atoms with van der Waals surface area (Å²) in [6.45, 7) is 4.71. The van der Waals surface area contributed by atoms with Gasteiger partial charge < -0.3 is 0 Å². The van der Waals surface area contributed by atoms with Crippen molar-refractivity contribution >= 4 is 0 Å². The molecule has 0 fully saturated rings. The molecule has 2 atom stereocenters. The second-order valence-corrected chi connectivity index (χ2v) is 4.49. The molecule has 14 heavy (non-hydrogen) atoms. The van der Waals surface area contributed by atoms with Crippen molar-refractivity contribution in [3.05, 3.63) is 24.3 Å². The normalized spacial score (nSPS) is 32.1. The van der Waals surface area contributed by atoms with Crippen LogP contribution in [0.25, 0.3) is 0 Å². The zero-order valence-electron chi connectivity index (χ0n) is 9.71. The van der Waals surface area contributed by atoms with Crippen LogP contribution >= 0.6 is 0 Å². The van der Waals surface area contributed by atoms with Gasteiger partial charge >= 0.3 is 0 Å². The molecule has 0 bridgehead atoms. The first kappa shape index (κ1) is 11.6. The van der Waals surface area contributed by atoms with Gasteiger partial charge in [0.15, 0.2) is 0 Å². The average Bonchev–Trinajstić information content (AvgIpc) is 2.24. The van der Waals surface area contributed by atoms with Gasteiger partial charge in [0.05, 0.1) is 0 Å². The number of hydrogen-bond acceptors (Lipinski definition) is 0. The van der Waals surface area contributed by atoms with E-state index in [2.05, 4.69) is 38.2 Å². The molecule has 1 aliphatic carbocycles. The first-order valence-corrected chi connectivity index (χ1v) is 6.14. The Labute approximate surface area is 89.1 Å². The van der Waals surface area contributed by atoms with Gasteiger partial charge in [-0.05, 0) is 43.9 Å². The largest absolute Gasteiger partial charge is 0.0885 e. The molecule has 0 radical (unpaired) electrons. The predicted octanol–water partition coefficient (Wildman–Crippen LogP) is 4.73. The Balaban J connectivity index is 2.52. The van der Waals surface area contributed by atoms with Crippen LogP contribution in [0.4, 0.5) is 0 Å². The minimum absolute atomic E-state index is 0.846. The molecule has 0 nitrogen and oxygen atoms in total. The summed E-state index contributed by atoms with van der Waals surface area (Å²) in [5, 5.41) is 0. The fourth-order valence-corrected chi connectivity index (χ4v) is 2.16. The van der Waals surface area contributed by atoms with Crippen molar-refractivity contribution in [3.63, 3.8) is 0 Å². The minimum atomic E-state index is 0.846. The molecule has 0 aliphatic heterocycles.